The van der Waals surface area contributed by atoms with Gasteiger partial charge in [-0.3, -0.25) is 14.5 Å². The zero-order chi connectivity index (χ0) is 23.3. The number of aryl methyl sites for hydroxylation is 2. The Labute approximate surface area is 194 Å². The molecule has 3 heterocycles. The Kier molecular flexibility index (Phi) is 5.39. The second kappa shape index (κ2) is 8.25. The SMILES string of the molecule is Cc1ccc(C2=C(N3CC(C)CC(C)C3)C(=O)N(Cc3ccc4c(c3)OCO4)C2=O)c(C)c1. The van der Waals surface area contributed by atoms with Crippen molar-refractivity contribution in [3.8, 4) is 11.5 Å². The average Bonchev–Trinajstić information content (AvgIpc) is 3.31. The minimum Gasteiger partial charge on any atom is -0.454 e. The summed E-state index contributed by atoms with van der Waals surface area (Å²) in [7, 11) is 0. The fourth-order valence-corrected chi connectivity index (χ4v) is 5.40. The molecule has 3 aliphatic heterocycles. The summed E-state index contributed by atoms with van der Waals surface area (Å²) in [5.74, 6) is 1.82. The van der Waals surface area contributed by atoms with Gasteiger partial charge in [0.2, 0.25) is 6.79 Å². The number of piperidine rings is 1. The summed E-state index contributed by atoms with van der Waals surface area (Å²) in [6, 6.07) is 11.6. The lowest BCUT2D eigenvalue weighted by atomic mass is 9.90. The number of hydrogen-bond acceptors (Lipinski definition) is 5. The highest BCUT2D eigenvalue weighted by Crippen LogP contribution is 2.38. The molecular weight excluding hydrogens is 416 g/mol. The highest BCUT2D eigenvalue weighted by Gasteiger charge is 2.43. The van der Waals surface area contributed by atoms with Crippen molar-refractivity contribution in [2.24, 2.45) is 11.8 Å². The van der Waals surface area contributed by atoms with E-state index in [-0.39, 0.29) is 25.2 Å². The van der Waals surface area contributed by atoms with Crippen LogP contribution in [0.5, 0.6) is 11.5 Å². The zero-order valence-corrected chi connectivity index (χ0v) is 19.7. The molecule has 2 unspecified atom stereocenters. The Hall–Kier alpha value is -3.28. The molecule has 0 bridgehead atoms. The van der Waals surface area contributed by atoms with Crippen LogP contribution in [0.2, 0.25) is 0 Å². The van der Waals surface area contributed by atoms with Crippen LogP contribution in [0.1, 0.15) is 42.5 Å². The van der Waals surface area contributed by atoms with E-state index in [0.29, 0.717) is 34.6 Å². The summed E-state index contributed by atoms with van der Waals surface area (Å²) >= 11 is 0. The van der Waals surface area contributed by atoms with E-state index < -0.39 is 0 Å². The Bertz CT molecular complexity index is 1160. The van der Waals surface area contributed by atoms with Crippen LogP contribution in [0, 0.1) is 25.7 Å². The molecule has 33 heavy (non-hydrogen) atoms. The summed E-state index contributed by atoms with van der Waals surface area (Å²) in [4.78, 5) is 31.1. The number of hydrogen-bond donors (Lipinski definition) is 0. The molecule has 172 valence electrons. The number of rotatable bonds is 4. The largest absolute Gasteiger partial charge is 0.454 e. The molecule has 0 saturated carbocycles. The fourth-order valence-electron chi connectivity index (χ4n) is 5.40. The number of ether oxygens (including phenoxy) is 2. The van der Waals surface area contributed by atoms with E-state index in [1.807, 2.05) is 44.2 Å². The van der Waals surface area contributed by atoms with Crippen molar-refractivity contribution in [2.75, 3.05) is 19.9 Å². The molecule has 6 nitrogen and oxygen atoms in total. The second-order valence-electron chi connectivity index (χ2n) is 9.78. The number of amides is 2. The van der Waals surface area contributed by atoms with Crippen molar-refractivity contribution >= 4 is 17.4 Å². The number of carbonyl (C=O) groups excluding carboxylic acids is 2. The quantitative estimate of drug-likeness (QED) is 0.656. The summed E-state index contributed by atoms with van der Waals surface area (Å²) in [5, 5.41) is 0. The van der Waals surface area contributed by atoms with E-state index in [0.717, 1.165) is 41.8 Å². The second-order valence-corrected chi connectivity index (χ2v) is 9.78. The molecule has 0 radical (unpaired) electrons. The molecule has 0 N–H and O–H groups in total. The van der Waals surface area contributed by atoms with E-state index in [1.165, 1.54) is 4.90 Å². The van der Waals surface area contributed by atoms with Crippen LogP contribution < -0.4 is 9.47 Å². The lowest BCUT2D eigenvalue weighted by molar-refractivity contribution is -0.138. The van der Waals surface area contributed by atoms with E-state index in [1.54, 1.807) is 0 Å². The lowest BCUT2D eigenvalue weighted by Gasteiger charge is -2.37. The van der Waals surface area contributed by atoms with Crippen molar-refractivity contribution in [1.82, 2.24) is 9.80 Å². The third-order valence-corrected chi connectivity index (χ3v) is 6.76. The van der Waals surface area contributed by atoms with E-state index in [2.05, 4.69) is 24.8 Å². The van der Waals surface area contributed by atoms with Crippen LogP contribution in [0.3, 0.4) is 0 Å². The van der Waals surface area contributed by atoms with Gasteiger partial charge in [-0.25, -0.2) is 0 Å². The predicted octanol–water partition coefficient (Wildman–Crippen LogP) is 4.29. The van der Waals surface area contributed by atoms with Crippen molar-refractivity contribution in [3.63, 3.8) is 0 Å². The highest BCUT2D eigenvalue weighted by molar-refractivity contribution is 6.35. The molecule has 1 fully saturated rings. The third-order valence-electron chi connectivity index (χ3n) is 6.76. The van der Waals surface area contributed by atoms with E-state index >= 15 is 0 Å². The number of imide groups is 1. The van der Waals surface area contributed by atoms with E-state index in [4.69, 9.17) is 9.47 Å². The number of fused-ring (bicyclic) bond motifs is 1. The molecule has 3 aliphatic rings. The molecule has 6 heteroatoms. The molecule has 2 aromatic rings. The predicted molar refractivity (Wildman–Crippen MR) is 125 cm³/mol. The Morgan fingerprint density at radius 2 is 1.64 bits per heavy atom. The van der Waals surface area contributed by atoms with Gasteiger partial charge in [0.15, 0.2) is 11.5 Å². The first-order chi connectivity index (χ1) is 15.8. The van der Waals surface area contributed by atoms with Gasteiger partial charge in [-0.05, 0) is 60.9 Å². The summed E-state index contributed by atoms with van der Waals surface area (Å²) in [6.45, 7) is 10.4. The summed E-state index contributed by atoms with van der Waals surface area (Å²) < 4.78 is 10.9. The van der Waals surface area contributed by atoms with Crippen molar-refractivity contribution in [2.45, 2.75) is 40.7 Å². The third kappa shape index (κ3) is 3.88. The molecule has 0 aliphatic carbocycles. The van der Waals surface area contributed by atoms with Crippen LogP contribution in [0.4, 0.5) is 0 Å². The summed E-state index contributed by atoms with van der Waals surface area (Å²) in [6.07, 6.45) is 1.13. The van der Waals surface area contributed by atoms with Crippen LogP contribution >= 0.6 is 0 Å². The average molecular weight is 447 g/mol. The minimum atomic E-state index is -0.231. The first kappa shape index (κ1) is 21.6. The molecule has 2 amide bonds. The molecular formula is C27H30N2O4. The number of carbonyl (C=O) groups is 2. The molecule has 2 aromatic carbocycles. The standard InChI is InChI=1S/C27H30N2O4/c1-16-5-7-21(19(4)10-16)24-25(28-12-17(2)9-18(3)13-28)27(31)29(26(24)30)14-20-6-8-22-23(11-20)33-15-32-22/h5-8,10-11,17-18H,9,12-15H2,1-4H3. The maximum absolute atomic E-state index is 13.8. The Balaban J connectivity index is 1.55. The molecule has 0 spiro atoms. The minimum absolute atomic E-state index is 0.189. The number of benzene rings is 2. The van der Waals surface area contributed by atoms with Crippen LogP contribution in [-0.2, 0) is 16.1 Å². The van der Waals surface area contributed by atoms with Gasteiger partial charge < -0.3 is 14.4 Å². The smallest absolute Gasteiger partial charge is 0.278 e. The highest BCUT2D eigenvalue weighted by atomic mass is 16.7. The molecule has 2 atom stereocenters. The van der Waals surface area contributed by atoms with Gasteiger partial charge in [-0.15, -0.1) is 0 Å². The van der Waals surface area contributed by atoms with Gasteiger partial charge in [0.1, 0.15) is 5.70 Å². The topological polar surface area (TPSA) is 59.1 Å². The van der Waals surface area contributed by atoms with Crippen LogP contribution in [0.15, 0.2) is 42.1 Å². The first-order valence-electron chi connectivity index (χ1n) is 11.6. The number of nitrogens with zero attached hydrogens (tertiary/aromatic N) is 2. The first-order valence-corrected chi connectivity index (χ1v) is 11.6. The van der Waals surface area contributed by atoms with Crippen LogP contribution in [-0.4, -0.2) is 41.5 Å². The molecule has 0 aromatic heterocycles. The maximum Gasteiger partial charge on any atom is 0.278 e. The zero-order valence-electron chi connectivity index (χ0n) is 19.7. The monoisotopic (exact) mass is 446 g/mol. The van der Waals surface area contributed by atoms with Crippen molar-refractivity contribution in [1.29, 1.82) is 0 Å². The van der Waals surface area contributed by atoms with Gasteiger partial charge in [0.05, 0.1) is 12.1 Å². The van der Waals surface area contributed by atoms with Crippen molar-refractivity contribution < 1.29 is 19.1 Å². The maximum atomic E-state index is 13.8. The van der Waals surface area contributed by atoms with Gasteiger partial charge in [-0.1, -0.05) is 43.7 Å². The lowest BCUT2D eigenvalue weighted by Crippen LogP contribution is -2.41. The molecule has 5 rings (SSSR count). The summed E-state index contributed by atoms with van der Waals surface area (Å²) in [5.41, 5.74) is 4.89. The van der Waals surface area contributed by atoms with Crippen molar-refractivity contribution in [3.05, 3.63) is 64.3 Å². The normalized spacial score (nSPS) is 22.5. The van der Waals surface area contributed by atoms with E-state index in [9.17, 15) is 9.59 Å². The van der Waals surface area contributed by atoms with Gasteiger partial charge >= 0.3 is 0 Å². The van der Waals surface area contributed by atoms with Gasteiger partial charge in [-0.2, -0.15) is 0 Å². The van der Waals surface area contributed by atoms with Gasteiger partial charge in [0.25, 0.3) is 11.8 Å². The van der Waals surface area contributed by atoms with Crippen LogP contribution in [0.25, 0.3) is 5.57 Å². The Morgan fingerprint density at radius 1 is 0.909 bits per heavy atom. The van der Waals surface area contributed by atoms with Gasteiger partial charge in [0, 0.05) is 13.1 Å². The number of likely N-dealkylation sites (tertiary alicyclic amines) is 1. The fraction of sp³-hybridized carbons (Fsp3) is 0.407. The Morgan fingerprint density at radius 3 is 2.36 bits per heavy atom. The molecule has 1 saturated heterocycles.